The van der Waals surface area contributed by atoms with Gasteiger partial charge in [0, 0.05) is 5.54 Å². The second-order valence-corrected chi connectivity index (χ2v) is 4.17. The molecule has 1 aliphatic rings. The predicted molar refractivity (Wildman–Crippen MR) is 46.3 cm³/mol. The second-order valence-electron chi connectivity index (χ2n) is 4.17. The van der Waals surface area contributed by atoms with Crippen LogP contribution in [-0.2, 0) is 0 Å². The first-order valence-electron chi connectivity index (χ1n) is 4.54. The van der Waals surface area contributed by atoms with Crippen LogP contribution >= 0.6 is 0 Å². The fourth-order valence-corrected chi connectivity index (χ4v) is 1.94. The highest BCUT2D eigenvalue weighted by molar-refractivity contribution is 4.82. The Morgan fingerprint density at radius 2 is 2.00 bits per heavy atom. The van der Waals surface area contributed by atoms with Gasteiger partial charge in [0.15, 0.2) is 0 Å². The van der Waals surface area contributed by atoms with Crippen molar-refractivity contribution in [1.29, 1.82) is 0 Å². The molecule has 11 heavy (non-hydrogen) atoms. The minimum Gasteiger partial charge on any atom is -0.394 e. The van der Waals surface area contributed by atoms with Gasteiger partial charge >= 0.3 is 0 Å². The van der Waals surface area contributed by atoms with Crippen molar-refractivity contribution in [3.05, 3.63) is 0 Å². The monoisotopic (exact) mass is 157 g/mol. The minimum absolute atomic E-state index is 0.115. The van der Waals surface area contributed by atoms with Crippen molar-refractivity contribution in [3.63, 3.8) is 0 Å². The molecule has 0 saturated heterocycles. The van der Waals surface area contributed by atoms with Gasteiger partial charge in [0.25, 0.3) is 0 Å². The van der Waals surface area contributed by atoms with E-state index in [1.165, 1.54) is 25.7 Å². The third-order valence-electron chi connectivity index (χ3n) is 2.59. The van der Waals surface area contributed by atoms with Crippen LogP contribution in [0.4, 0.5) is 0 Å². The Kier molecular flexibility index (Phi) is 2.90. The van der Waals surface area contributed by atoms with Crippen molar-refractivity contribution in [2.24, 2.45) is 11.7 Å². The number of nitrogens with two attached hydrogens (primary N) is 1. The van der Waals surface area contributed by atoms with E-state index in [4.69, 9.17) is 10.8 Å². The normalized spacial score (nSPS) is 25.4. The lowest BCUT2D eigenvalue weighted by Gasteiger charge is -2.25. The average molecular weight is 157 g/mol. The van der Waals surface area contributed by atoms with Crippen LogP contribution in [-0.4, -0.2) is 17.3 Å². The molecule has 0 aromatic heterocycles. The summed E-state index contributed by atoms with van der Waals surface area (Å²) in [5.41, 5.74) is 5.51. The molecule has 1 fully saturated rings. The van der Waals surface area contributed by atoms with Gasteiger partial charge in [-0.2, -0.15) is 0 Å². The Labute approximate surface area is 68.8 Å². The van der Waals surface area contributed by atoms with Gasteiger partial charge in [0.05, 0.1) is 6.61 Å². The lowest BCUT2D eigenvalue weighted by Crippen LogP contribution is -2.41. The SMILES string of the molecule is CC(N)(CO)CC1CCCC1. The Balaban J connectivity index is 2.28. The molecule has 0 aliphatic heterocycles. The third-order valence-corrected chi connectivity index (χ3v) is 2.59. The van der Waals surface area contributed by atoms with E-state index in [2.05, 4.69) is 0 Å². The van der Waals surface area contributed by atoms with Crippen LogP contribution in [0.1, 0.15) is 39.0 Å². The summed E-state index contributed by atoms with van der Waals surface area (Å²) >= 11 is 0. The third kappa shape index (κ3) is 2.80. The van der Waals surface area contributed by atoms with Gasteiger partial charge in [-0.1, -0.05) is 25.7 Å². The summed E-state index contributed by atoms with van der Waals surface area (Å²) in [5, 5.41) is 8.93. The summed E-state index contributed by atoms with van der Waals surface area (Å²) in [6.07, 6.45) is 6.32. The summed E-state index contributed by atoms with van der Waals surface area (Å²) < 4.78 is 0. The van der Waals surface area contributed by atoms with Gasteiger partial charge in [-0.3, -0.25) is 0 Å². The van der Waals surface area contributed by atoms with E-state index >= 15 is 0 Å². The maximum absolute atomic E-state index is 8.93. The van der Waals surface area contributed by atoms with Crippen LogP contribution in [0.25, 0.3) is 0 Å². The highest BCUT2D eigenvalue weighted by atomic mass is 16.3. The highest BCUT2D eigenvalue weighted by Crippen LogP contribution is 2.30. The maximum atomic E-state index is 8.93. The number of hydrogen-bond acceptors (Lipinski definition) is 2. The molecule has 0 spiro atoms. The molecule has 0 heterocycles. The van der Waals surface area contributed by atoms with E-state index in [0.29, 0.717) is 0 Å². The molecule has 2 nitrogen and oxygen atoms in total. The molecule has 0 bridgehead atoms. The zero-order valence-electron chi connectivity index (χ0n) is 7.34. The molecule has 0 amide bonds. The topological polar surface area (TPSA) is 46.2 Å². The van der Waals surface area contributed by atoms with E-state index in [1.807, 2.05) is 6.92 Å². The van der Waals surface area contributed by atoms with Crippen LogP contribution in [0.2, 0.25) is 0 Å². The smallest absolute Gasteiger partial charge is 0.0608 e. The average Bonchev–Trinajstić information content (AvgIpc) is 2.39. The van der Waals surface area contributed by atoms with Gasteiger partial charge in [0.1, 0.15) is 0 Å². The molecule has 66 valence electrons. The molecule has 3 N–H and O–H groups in total. The van der Waals surface area contributed by atoms with Crippen molar-refractivity contribution in [1.82, 2.24) is 0 Å². The molecular weight excluding hydrogens is 138 g/mol. The maximum Gasteiger partial charge on any atom is 0.0608 e. The van der Waals surface area contributed by atoms with E-state index in [9.17, 15) is 0 Å². The Bertz CT molecular complexity index is 117. The fourth-order valence-electron chi connectivity index (χ4n) is 1.94. The zero-order chi connectivity index (χ0) is 8.32. The van der Waals surface area contributed by atoms with Crippen LogP contribution in [0.5, 0.6) is 0 Å². The van der Waals surface area contributed by atoms with Crippen LogP contribution in [0.15, 0.2) is 0 Å². The Hall–Kier alpha value is -0.0800. The van der Waals surface area contributed by atoms with Crippen molar-refractivity contribution < 1.29 is 5.11 Å². The molecule has 1 aliphatic carbocycles. The molecule has 0 radical (unpaired) electrons. The number of hydrogen-bond donors (Lipinski definition) is 2. The summed E-state index contributed by atoms with van der Waals surface area (Å²) in [6.45, 7) is 2.05. The van der Waals surface area contributed by atoms with Gasteiger partial charge in [-0.25, -0.2) is 0 Å². The number of aliphatic hydroxyl groups is 1. The van der Waals surface area contributed by atoms with E-state index in [0.717, 1.165) is 12.3 Å². The quantitative estimate of drug-likeness (QED) is 0.648. The van der Waals surface area contributed by atoms with Crippen molar-refractivity contribution in [2.45, 2.75) is 44.6 Å². The lowest BCUT2D eigenvalue weighted by molar-refractivity contribution is 0.182. The Morgan fingerprint density at radius 1 is 1.45 bits per heavy atom. The highest BCUT2D eigenvalue weighted by Gasteiger charge is 2.24. The molecular formula is C9H19NO. The molecule has 1 saturated carbocycles. The lowest BCUT2D eigenvalue weighted by atomic mass is 9.89. The van der Waals surface area contributed by atoms with E-state index in [1.54, 1.807) is 0 Å². The van der Waals surface area contributed by atoms with Crippen molar-refractivity contribution >= 4 is 0 Å². The summed E-state index contributed by atoms with van der Waals surface area (Å²) in [4.78, 5) is 0. The molecule has 1 unspecified atom stereocenters. The fraction of sp³-hybridized carbons (Fsp3) is 1.00. The van der Waals surface area contributed by atoms with Gasteiger partial charge in [-0.05, 0) is 19.3 Å². The van der Waals surface area contributed by atoms with E-state index in [-0.39, 0.29) is 12.1 Å². The largest absolute Gasteiger partial charge is 0.394 e. The van der Waals surface area contributed by atoms with Crippen LogP contribution in [0, 0.1) is 5.92 Å². The molecule has 0 aromatic carbocycles. The summed E-state index contributed by atoms with van der Waals surface area (Å²) in [6, 6.07) is 0. The zero-order valence-corrected chi connectivity index (χ0v) is 7.34. The van der Waals surface area contributed by atoms with E-state index < -0.39 is 0 Å². The number of aliphatic hydroxyl groups excluding tert-OH is 1. The molecule has 1 rings (SSSR count). The first kappa shape index (κ1) is 9.01. The van der Waals surface area contributed by atoms with Gasteiger partial charge in [-0.15, -0.1) is 0 Å². The standard InChI is InChI=1S/C9H19NO/c1-9(10,7-11)6-8-4-2-3-5-8/h8,11H,2-7,10H2,1H3. The number of rotatable bonds is 3. The first-order chi connectivity index (χ1) is 5.14. The minimum atomic E-state index is -0.338. The van der Waals surface area contributed by atoms with Crippen molar-refractivity contribution in [3.8, 4) is 0 Å². The molecule has 0 aromatic rings. The van der Waals surface area contributed by atoms with Crippen LogP contribution in [0.3, 0.4) is 0 Å². The molecule has 2 heteroatoms. The first-order valence-corrected chi connectivity index (χ1v) is 4.54. The summed E-state index contributed by atoms with van der Waals surface area (Å²) in [7, 11) is 0. The summed E-state index contributed by atoms with van der Waals surface area (Å²) in [5.74, 6) is 0.775. The predicted octanol–water partition coefficient (Wildman–Crippen LogP) is 1.28. The molecule has 1 atom stereocenters. The van der Waals surface area contributed by atoms with Crippen molar-refractivity contribution in [2.75, 3.05) is 6.61 Å². The van der Waals surface area contributed by atoms with Gasteiger partial charge in [0.2, 0.25) is 0 Å². The van der Waals surface area contributed by atoms with Crippen LogP contribution < -0.4 is 5.73 Å². The Morgan fingerprint density at radius 3 is 2.45 bits per heavy atom. The van der Waals surface area contributed by atoms with Gasteiger partial charge < -0.3 is 10.8 Å². The second kappa shape index (κ2) is 3.55.